The monoisotopic (exact) mass is 220 g/mol. The molecule has 1 N–H and O–H groups in total. The van der Waals surface area contributed by atoms with Crippen molar-refractivity contribution < 1.29 is 9.47 Å². The normalized spacial score (nSPS) is 13.6. The van der Waals surface area contributed by atoms with E-state index in [4.69, 9.17) is 14.7 Å². The van der Waals surface area contributed by atoms with E-state index in [0.29, 0.717) is 6.61 Å². The molecule has 1 rings (SSSR count). The van der Waals surface area contributed by atoms with E-state index in [1.807, 2.05) is 24.3 Å². The summed E-state index contributed by atoms with van der Waals surface area (Å²) in [7, 11) is 3.18. The number of methoxy groups -OCH3 is 2. The van der Waals surface area contributed by atoms with Gasteiger partial charge in [0.1, 0.15) is 11.3 Å². The predicted molar refractivity (Wildman–Crippen MR) is 62.5 cm³/mol. The van der Waals surface area contributed by atoms with E-state index < -0.39 is 5.54 Å². The highest BCUT2D eigenvalue weighted by atomic mass is 16.5. The fourth-order valence-electron chi connectivity index (χ4n) is 1.40. The van der Waals surface area contributed by atoms with E-state index in [-0.39, 0.29) is 0 Å². The molecule has 86 valence electrons. The van der Waals surface area contributed by atoms with Gasteiger partial charge in [0.2, 0.25) is 0 Å². The van der Waals surface area contributed by atoms with Gasteiger partial charge in [-0.3, -0.25) is 0 Å². The molecule has 1 aromatic rings. The Morgan fingerprint density at radius 3 is 2.75 bits per heavy atom. The summed E-state index contributed by atoms with van der Waals surface area (Å²) >= 11 is 0. The van der Waals surface area contributed by atoms with Gasteiger partial charge in [0, 0.05) is 18.9 Å². The third kappa shape index (κ3) is 3.14. The van der Waals surface area contributed by atoms with Gasteiger partial charge in [-0.2, -0.15) is 5.26 Å². The number of nitriles is 1. The number of hydrogen-bond donors (Lipinski definition) is 1. The first-order valence-corrected chi connectivity index (χ1v) is 4.96. The first-order valence-electron chi connectivity index (χ1n) is 4.96. The molecule has 4 heteroatoms. The average Bonchev–Trinajstić information content (AvgIpc) is 2.29. The summed E-state index contributed by atoms with van der Waals surface area (Å²) in [5.41, 5.74) is 0.0987. The second-order valence-electron chi connectivity index (χ2n) is 3.73. The van der Waals surface area contributed by atoms with E-state index in [9.17, 15) is 0 Å². The van der Waals surface area contributed by atoms with Crippen molar-refractivity contribution in [3.05, 3.63) is 24.3 Å². The van der Waals surface area contributed by atoms with E-state index in [2.05, 4.69) is 11.4 Å². The van der Waals surface area contributed by atoms with Crippen LogP contribution in [0.5, 0.6) is 5.75 Å². The quantitative estimate of drug-likeness (QED) is 0.825. The highest BCUT2D eigenvalue weighted by Gasteiger charge is 2.23. The summed E-state index contributed by atoms with van der Waals surface area (Å²) in [6, 6.07) is 9.63. The lowest BCUT2D eigenvalue weighted by Crippen LogP contribution is -2.37. The minimum absolute atomic E-state index is 0.320. The summed E-state index contributed by atoms with van der Waals surface area (Å²) < 4.78 is 10.1. The van der Waals surface area contributed by atoms with Crippen molar-refractivity contribution in [1.29, 1.82) is 5.26 Å². The summed E-state index contributed by atoms with van der Waals surface area (Å²) in [5, 5.41) is 12.2. The Kier molecular flexibility index (Phi) is 4.15. The lowest BCUT2D eigenvalue weighted by molar-refractivity contribution is 0.171. The minimum atomic E-state index is -0.735. The van der Waals surface area contributed by atoms with Crippen LogP contribution in [0.4, 0.5) is 5.69 Å². The molecule has 0 saturated heterocycles. The molecule has 0 aliphatic carbocycles. The number of hydrogen-bond acceptors (Lipinski definition) is 4. The summed E-state index contributed by atoms with van der Waals surface area (Å²) in [6.07, 6.45) is 0. The zero-order chi connectivity index (χ0) is 12.0. The van der Waals surface area contributed by atoms with Gasteiger partial charge in [-0.05, 0) is 19.1 Å². The van der Waals surface area contributed by atoms with Crippen molar-refractivity contribution in [3.63, 3.8) is 0 Å². The van der Waals surface area contributed by atoms with Crippen LogP contribution in [0.15, 0.2) is 24.3 Å². The van der Waals surface area contributed by atoms with Crippen LogP contribution in [0.1, 0.15) is 6.92 Å². The molecule has 0 aliphatic rings. The molecule has 1 unspecified atom stereocenters. The maximum absolute atomic E-state index is 9.08. The molecule has 0 bridgehead atoms. The Bertz CT molecular complexity index is 387. The summed E-state index contributed by atoms with van der Waals surface area (Å²) in [6.45, 7) is 2.11. The van der Waals surface area contributed by atoms with Crippen LogP contribution in [-0.4, -0.2) is 26.4 Å². The topological polar surface area (TPSA) is 54.3 Å². The van der Waals surface area contributed by atoms with E-state index in [1.54, 1.807) is 21.1 Å². The first-order chi connectivity index (χ1) is 7.63. The van der Waals surface area contributed by atoms with E-state index in [0.717, 1.165) is 11.4 Å². The number of ether oxygens (including phenoxy) is 2. The molecular weight excluding hydrogens is 204 g/mol. The van der Waals surface area contributed by atoms with Gasteiger partial charge in [-0.25, -0.2) is 0 Å². The molecule has 0 aromatic heterocycles. The molecule has 4 nitrogen and oxygen atoms in total. The van der Waals surface area contributed by atoms with Crippen LogP contribution in [0, 0.1) is 11.3 Å². The molecule has 0 spiro atoms. The van der Waals surface area contributed by atoms with Crippen molar-refractivity contribution in [2.24, 2.45) is 0 Å². The van der Waals surface area contributed by atoms with Crippen LogP contribution >= 0.6 is 0 Å². The summed E-state index contributed by atoms with van der Waals surface area (Å²) in [4.78, 5) is 0. The number of anilines is 1. The second-order valence-corrected chi connectivity index (χ2v) is 3.73. The van der Waals surface area contributed by atoms with E-state index >= 15 is 0 Å². The predicted octanol–water partition coefficient (Wildman–Crippen LogP) is 2.04. The molecule has 0 aliphatic heterocycles. The second kappa shape index (κ2) is 5.38. The molecule has 0 amide bonds. The van der Waals surface area contributed by atoms with Gasteiger partial charge < -0.3 is 14.8 Å². The van der Waals surface area contributed by atoms with Gasteiger partial charge in [-0.15, -0.1) is 0 Å². The van der Waals surface area contributed by atoms with Crippen molar-refractivity contribution >= 4 is 5.69 Å². The Labute approximate surface area is 95.8 Å². The lowest BCUT2D eigenvalue weighted by atomic mass is 10.1. The Balaban J connectivity index is 2.82. The molecule has 1 atom stereocenters. The number of rotatable bonds is 5. The summed E-state index contributed by atoms with van der Waals surface area (Å²) in [5.74, 6) is 0.753. The van der Waals surface area contributed by atoms with Gasteiger partial charge in [-0.1, -0.05) is 6.07 Å². The SMILES string of the molecule is COCC(C)(C#N)Nc1cccc(OC)c1. The highest BCUT2D eigenvalue weighted by Crippen LogP contribution is 2.20. The fourth-order valence-corrected chi connectivity index (χ4v) is 1.40. The van der Waals surface area contributed by atoms with Crippen LogP contribution in [0.2, 0.25) is 0 Å². The Morgan fingerprint density at radius 2 is 2.19 bits per heavy atom. The van der Waals surface area contributed by atoms with Crippen molar-refractivity contribution in [3.8, 4) is 11.8 Å². The zero-order valence-corrected chi connectivity index (χ0v) is 9.78. The number of benzene rings is 1. The van der Waals surface area contributed by atoms with E-state index in [1.165, 1.54) is 0 Å². The Hall–Kier alpha value is -1.73. The van der Waals surface area contributed by atoms with Gasteiger partial charge in [0.15, 0.2) is 0 Å². The van der Waals surface area contributed by atoms with Crippen LogP contribution in [0.25, 0.3) is 0 Å². The Morgan fingerprint density at radius 1 is 1.44 bits per heavy atom. The van der Waals surface area contributed by atoms with Crippen LogP contribution in [-0.2, 0) is 4.74 Å². The molecule has 0 heterocycles. The van der Waals surface area contributed by atoms with Crippen molar-refractivity contribution in [2.45, 2.75) is 12.5 Å². The highest BCUT2D eigenvalue weighted by molar-refractivity contribution is 5.51. The number of nitrogens with one attached hydrogen (secondary N) is 1. The van der Waals surface area contributed by atoms with Crippen LogP contribution < -0.4 is 10.1 Å². The molecule has 0 saturated carbocycles. The standard InChI is InChI=1S/C12H16N2O2/c1-12(8-13,9-15-2)14-10-5-4-6-11(7-10)16-3/h4-7,14H,9H2,1-3H3. The maximum atomic E-state index is 9.08. The minimum Gasteiger partial charge on any atom is -0.497 e. The maximum Gasteiger partial charge on any atom is 0.146 e. The van der Waals surface area contributed by atoms with Crippen molar-refractivity contribution in [1.82, 2.24) is 0 Å². The fraction of sp³-hybridized carbons (Fsp3) is 0.417. The van der Waals surface area contributed by atoms with Gasteiger partial charge >= 0.3 is 0 Å². The smallest absolute Gasteiger partial charge is 0.146 e. The third-order valence-electron chi connectivity index (χ3n) is 2.17. The number of nitrogens with zero attached hydrogens (tertiary/aromatic N) is 1. The molecule has 16 heavy (non-hydrogen) atoms. The van der Waals surface area contributed by atoms with Gasteiger partial charge in [0.25, 0.3) is 0 Å². The lowest BCUT2D eigenvalue weighted by Gasteiger charge is -2.23. The molecule has 1 aromatic carbocycles. The average molecular weight is 220 g/mol. The molecular formula is C12H16N2O2. The zero-order valence-electron chi connectivity index (χ0n) is 9.78. The first kappa shape index (κ1) is 12.3. The molecule has 0 radical (unpaired) electrons. The third-order valence-corrected chi connectivity index (χ3v) is 2.17. The van der Waals surface area contributed by atoms with Crippen LogP contribution in [0.3, 0.4) is 0 Å². The van der Waals surface area contributed by atoms with Crippen molar-refractivity contribution in [2.75, 3.05) is 26.1 Å². The largest absolute Gasteiger partial charge is 0.497 e. The molecule has 0 fully saturated rings. The van der Waals surface area contributed by atoms with Gasteiger partial charge in [0.05, 0.1) is 19.8 Å².